The van der Waals surface area contributed by atoms with Gasteiger partial charge in [-0.2, -0.15) is 0 Å². The second kappa shape index (κ2) is 8.30. The van der Waals surface area contributed by atoms with Crippen LogP contribution in [0.1, 0.15) is 54.4 Å². The van der Waals surface area contributed by atoms with Gasteiger partial charge < -0.3 is 10.8 Å². The van der Waals surface area contributed by atoms with Gasteiger partial charge in [0.1, 0.15) is 0 Å². The Balaban J connectivity index is 0.00000242. The Hall–Kier alpha value is -1.39. The van der Waals surface area contributed by atoms with Crippen LogP contribution in [0.15, 0.2) is 24.3 Å². The van der Waals surface area contributed by atoms with Crippen LogP contribution in [0.25, 0.3) is 0 Å². The Morgan fingerprint density at radius 1 is 1.18 bits per heavy atom. The van der Waals surface area contributed by atoms with Gasteiger partial charge in [0.05, 0.1) is 5.92 Å². The van der Waals surface area contributed by atoms with Gasteiger partial charge in [-0.25, -0.2) is 0 Å². The maximum Gasteiger partial charge on any atom is 0.310 e. The number of nitrogens with two attached hydrogens (primary N) is 1. The van der Waals surface area contributed by atoms with E-state index in [-0.39, 0.29) is 24.1 Å². The molecule has 1 aromatic carbocycles. The number of halogens is 1. The first-order chi connectivity index (χ1) is 10.0. The van der Waals surface area contributed by atoms with Gasteiger partial charge in [0.25, 0.3) is 0 Å². The molecule has 4 nitrogen and oxygen atoms in total. The third-order valence-electron chi connectivity index (χ3n) is 4.62. The molecule has 0 saturated heterocycles. The molecule has 0 aliphatic heterocycles. The normalized spacial score (nSPS) is 22.5. The van der Waals surface area contributed by atoms with Gasteiger partial charge in [-0.1, -0.05) is 24.3 Å². The molecule has 1 atom stereocenters. The number of Topliss-reactive ketones (excluding diaryl/α,β-unsaturated/α-hetero) is 1. The summed E-state index contributed by atoms with van der Waals surface area (Å²) in [6, 6.07) is 7.01. The molecule has 1 saturated carbocycles. The van der Waals surface area contributed by atoms with Crippen LogP contribution < -0.4 is 5.73 Å². The van der Waals surface area contributed by atoms with Gasteiger partial charge in [-0.15, -0.1) is 12.4 Å². The highest BCUT2D eigenvalue weighted by Gasteiger charge is 2.26. The Morgan fingerprint density at radius 2 is 1.73 bits per heavy atom. The summed E-state index contributed by atoms with van der Waals surface area (Å²) in [5, 5.41) is 8.99. The van der Waals surface area contributed by atoms with E-state index in [2.05, 4.69) is 0 Å². The maximum absolute atomic E-state index is 12.5. The SMILES string of the molecule is CC(C(=O)O)c1ccc(C(=O)C2CCC(CN)CC2)cc1.Cl. The van der Waals surface area contributed by atoms with Crippen LogP contribution in [0.5, 0.6) is 0 Å². The van der Waals surface area contributed by atoms with Crippen LogP contribution in [0.4, 0.5) is 0 Å². The molecule has 22 heavy (non-hydrogen) atoms. The number of carbonyl (C=O) groups excluding carboxylic acids is 1. The van der Waals surface area contributed by atoms with E-state index in [1.54, 1.807) is 31.2 Å². The Labute approximate surface area is 137 Å². The van der Waals surface area contributed by atoms with Crippen molar-refractivity contribution in [1.82, 2.24) is 0 Å². The monoisotopic (exact) mass is 325 g/mol. The van der Waals surface area contributed by atoms with Crippen LogP contribution in [0, 0.1) is 11.8 Å². The molecule has 1 aliphatic carbocycles. The van der Waals surface area contributed by atoms with E-state index in [4.69, 9.17) is 10.8 Å². The molecule has 0 aromatic heterocycles. The number of hydrogen-bond acceptors (Lipinski definition) is 3. The number of carboxylic acid groups (broad SMARTS) is 1. The van der Waals surface area contributed by atoms with Crippen molar-refractivity contribution in [3.63, 3.8) is 0 Å². The number of aliphatic carboxylic acids is 1. The first kappa shape index (κ1) is 18.7. The summed E-state index contributed by atoms with van der Waals surface area (Å²) in [7, 11) is 0. The van der Waals surface area contributed by atoms with Crippen molar-refractivity contribution in [1.29, 1.82) is 0 Å². The van der Waals surface area contributed by atoms with Gasteiger partial charge >= 0.3 is 5.97 Å². The highest BCUT2D eigenvalue weighted by molar-refractivity contribution is 5.98. The molecule has 1 unspecified atom stereocenters. The molecule has 122 valence electrons. The van der Waals surface area contributed by atoms with Gasteiger partial charge in [0.2, 0.25) is 0 Å². The fourth-order valence-corrected chi connectivity index (χ4v) is 2.97. The molecular weight excluding hydrogens is 302 g/mol. The van der Waals surface area contributed by atoms with Crippen molar-refractivity contribution in [3.05, 3.63) is 35.4 Å². The lowest BCUT2D eigenvalue weighted by Gasteiger charge is -2.26. The van der Waals surface area contributed by atoms with E-state index in [0.29, 0.717) is 18.0 Å². The average molecular weight is 326 g/mol. The number of benzene rings is 1. The summed E-state index contributed by atoms with van der Waals surface area (Å²) in [6.07, 6.45) is 3.88. The zero-order chi connectivity index (χ0) is 15.4. The summed E-state index contributed by atoms with van der Waals surface area (Å²) < 4.78 is 0. The lowest BCUT2D eigenvalue weighted by atomic mass is 9.78. The largest absolute Gasteiger partial charge is 0.481 e. The Kier molecular flexibility index (Phi) is 7.04. The summed E-state index contributed by atoms with van der Waals surface area (Å²) in [6.45, 7) is 2.36. The smallest absolute Gasteiger partial charge is 0.310 e. The summed E-state index contributed by atoms with van der Waals surface area (Å²) in [5.41, 5.74) is 7.09. The van der Waals surface area contributed by atoms with Crippen LogP contribution in [-0.2, 0) is 4.79 Å². The van der Waals surface area contributed by atoms with Crippen molar-refractivity contribution >= 4 is 24.2 Å². The number of carbonyl (C=O) groups is 2. The fourth-order valence-electron chi connectivity index (χ4n) is 2.97. The number of rotatable bonds is 5. The van der Waals surface area contributed by atoms with Crippen molar-refractivity contribution in [3.8, 4) is 0 Å². The molecule has 0 spiro atoms. The molecule has 0 amide bonds. The third kappa shape index (κ3) is 4.31. The van der Waals surface area contributed by atoms with E-state index in [1.807, 2.05) is 0 Å². The van der Waals surface area contributed by atoms with E-state index in [9.17, 15) is 9.59 Å². The Morgan fingerprint density at radius 3 is 2.18 bits per heavy atom. The maximum atomic E-state index is 12.5. The molecule has 1 aromatic rings. The van der Waals surface area contributed by atoms with E-state index in [1.165, 1.54) is 0 Å². The first-order valence-corrected chi connectivity index (χ1v) is 7.60. The summed E-state index contributed by atoms with van der Waals surface area (Å²) in [5.74, 6) is -0.563. The summed E-state index contributed by atoms with van der Waals surface area (Å²) in [4.78, 5) is 23.4. The first-order valence-electron chi connectivity index (χ1n) is 7.60. The number of carboxylic acids is 1. The highest BCUT2D eigenvalue weighted by Crippen LogP contribution is 2.30. The zero-order valence-electron chi connectivity index (χ0n) is 12.8. The van der Waals surface area contributed by atoms with Crippen molar-refractivity contribution in [2.75, 3.05) is 6.54 Å². The standard InChI is InChI=1S/C17H23NO3.ClH/c1-11(17(20)21)13-6-8-15(9-7-13)16(19)14-4-2-12(10-18)3-5-14;/h6-9,11-12,14H,2-5,10,18H2,1H3,(H,20,21);1H. The molecular formula is C17H24ClNO3. The number of ketones is 1. The van der Waals surface area contributed by atoms with E-state index in [0.717, 1.165) is 31.2 Å². The van der Waals surface area contributed by atoms with Crippen LogP contribution in [-0.4, -0.2) is 23.4 Å². The molecule has 0 bridgehead atoms. The van der Waals surface area contributed by atoms with Crippen molar-refractivity contribution in [2.45, 2.75) is 38.5 Å². The third-order valence-corrected chi connectivity index (χ3v) is 4.62. The minimum Gasteiger partial charge on any atom is -0.481 e. The second-order valence-electron chi connectivity index (χ2n) is 6.00. The molecule has 1 aliphatic rings. The van der Waals surface area contributed by atoms with Crippen LogP contribution in [0.3, 0.4) is 0 Å². The molecule has 5 heteroatoms. The fraction of sp³-hybridized carbons (Fsp3) is 0.529. The van der Waals surface area contributed by atoms with E-state index < -0.39 is 11.9 Å². The van der Waals surface area contributed by atoms with Gasteiger partial charge in [-0.05, 0) is 50.6 Å². The predicted octanol–water partition coefficient (Wildman–Crippen LogP) is 3.24. The van der Waals surface area contributed by atoms with Crippen molar-refractivity contribution < 1.29 is 14.7 Å². The van der Waals surface area contributed by atoms with Crippen LogP contribution in [0.2, 0.25) is 0 Å². The molecule has 0 radical (unpaired) electrons. The average Bonchev–Trinajstić information content (AvgIpc) is 2.53. The minimum atomic E-state index is -0.853. The van der Waals surface area contributed by atoms with Gasteiger partial charge in [0, 0.05) is 11.5 Å². The Bertz CT molecular complexity index is 507. The predicted molar refractivity (Wildman–Crippen MR) is 88.6 cm³/mol. The summed E-state index contributed by atoms with van der Waals surface area (Å²) >= 11 is 0. The van der Waals surface area contributed by atoms with Crippen LogP contribution >= 0.6 is 12.4 Å². The molecule has 2 rings (SSSR count). The second-order valence-corrected chi connectivity index (χ2v) is 6.00. The zero-order valence-corrected chi connectivity index (χ0v) is 13.6. The van der Waals surface area contributed by atoms with Crippen molar-refractivity contribution in [2.24, 2.45) is 17.6 Å². The highest BCUT2D eigenvalue weighted by atomic mass is 35.5. The quantitative estimate of drug-likeness (QED) is 0.814. The molecule has 1 fully saturated rings. The molecule has 3 N–H and O–H groups in total. The lowest BCUT2D eigenvalue weighted by molar-refractivity contribution is -0.138. The lowest BCUT2D eigenvalue weighted by Crippen LogP contribution is -2.25. The minimum absolute atomic E-state index is 0. The van der Waals surface area contributed by atoms with Gasteiger partial charge in [-0.3, -0.25) is 9.59 Å². The van der Waals surface area contributed by atoms with Gasteiger partial charge in [0.15, 0.2) is 5.78 Å². The van der Waals surface area contributed by atoms with E-state index >= 15 is 0 Å². The molecule has 0 heterocycles. The number of hydrogen-bond donors (Lipinski definition) is 2. The topological polar surface area (TPSA) is 80.4 Å².